The number of aliphatic imine (C=N–C) groups is 1. The number of nitrogens with zero attached hydrogens (tertiary/aromatic N) is 13. The molecule has 0 radical (unpaired) electrons. The van der Waals surface area contributed by atoms with E-state index in [1.54, 1.807) is 54.6 Å². The number of aromatic nitrogens is 12. The second kappa shape index (κ2) is 42.7. The molecule has 9 aromatic carbocycles. The first kappa shape index (κ1) is 89.5. The number of anilines is 2. The van der Waals surface area contributed by atoms with Crippen LogP contribution in [-0.2, 0) is 19.2 Å². The molecule has 648 valence electrons. The maximum absolute atomic E-state index is 13.2. The Hall–Kier alpha value is -14.2. The normalized spacial score (nSPS) is 11.3. The highest BCUT2D eigenvalue weighted by atomic mass is 17.2. The van der Waals surface area contributed by atoms with Crippen LogP contribution < -0.4 is 24.8 Å². The number of phenols is 3. The Morgan fingerprint density at radius 1 is 0.286 bits per heavy atom. The van der Waals surface area contributed by atoms with Crippen molar-refractivity contribution in [3.05, 3.63) is 231 Å². The monoisotopic (exact) mass is 1700 g/mol. The Morgan fingerprint density at radius 3 is 0.778 bits per heavy atom. The third kappa shape index (κ3) is 24.4. The highest BCUT2D eigenvalue weighted by Crippen LogP contribution is 2.39. The van der Waals surface area contributed by atoms with E-state index in [-0.39, 0.29) is 54.9 Å². The van der Waals surface area contributed by atoms with Crippen LogP contribution in [0.4, 0.5) is 27.4 Å². The molecular formula is C99H105N15O12. The van der Waals surface area contributed by atoms with E-state index in [1.807, 2.05) is 156 Å². The maximum atomic E-state index is 13.2. The third-order valence-electron chi connectivity index (χ3n) is 21.1. The molecule has 0 bridgehead atoms. The molecule has 0 aliphatic rings. The van der Waals surface area contributed by atoms with Crippen LogP contribution in [0.5, 0.6) is 34.5 Å². The van der Waals surface area contributed by atoms with Gasteiger partial charge in [-0.1, -0.05) is 149 Å². The first-order valence-corrected chi connectivity index (χ1v) is 42.5. The Morgan fingerprint density at radius 2 is 0.524 bits per heavy atom. The number of hydrogen-bond donors (Lipinski definition) is 5. The molecule has 0 aliphatic carbocycles. The first-order chi connectivity index (χ1) is 60.9. The van der Waals surface area contributed by atoms with Crippen molar-refractivity contribution in [2.75, 3.05) is 50.3 Å². The molecule has 13 rings (SSSR count). The number of carbonyl (C=O) groups excluding carboxylic acids is 2. The van der Waals surface area contributed by atoms with Gasteiger partial charge in [0.25, 0.3) is 5.95 Å². The maximum Gasteiger partial charge on any atom is 0.414 e. The van der Waals surface area contributed by atoms with E-state index in [1.165, 1.54) is 0 Å². The van der Waals surface area contributed by atoms with Crippen molar-refractivity contribution >= 4 is 36.4 Å². The summed E-state index contributed by atoms with van der Waals surface area (Å²) in [5.74, 6) is 4.59. The van der Waals surface area contributed by atoms with E-state index in [9.17, 15) is 24.9 Å². The molecule has 0 unspecified atom stereocenters. The number of aromatic hydroxyl groups is 3. The topological polar surface area (TPSA) is 351 Å². The van der Waals surface area contributed by atoms with Gasteiger partial charge in [0, 0.05) is 51.6 Å². The molecule has 0 fully saturated rings. The van der Waals surface area contributed by atoms with Crippen LogP contribution in [0.3, 0.4) is 0 Å². The van der Waals surface area contributed by atoms with E-state index in [0.29, 0.717) is 151 Å². The van der Waals surface area contributed by atoms with Crippen molar-refractivity contribution in [1.29, 1.82) is 0 Å². The summed E-state index contributed by atoms with van der Waals surface area (Å²) in [6, 6.07) is 52.1. The second-order valence-electron chi connectivity index (χ2n) is 31.6. The van der Waals surface area contributed by atoms with Gasteiger partial charge < -0.3 is 43.9 Å². The zero-order chi connectivity index (χ0) is 88.8. The van der Waals surface area contributed by atoms with Crippen molar-refractivity contribution in [3.63, 3.8) is 0 Å². The number of carbonyl (C=O) groups is 2. The molecule has 126 heavy (non-hydrogen) atoms. The summed E-state index contributed by atoms with van der Waals surface area (Å²) in [6.07, 6.45) is 7.60. The average molecular weight is 1700 g/mol. The first-order valence-electron chi connectivity index (χ1n) is 42.5. The molecule has 27 nitrogen and oxygen atoms in total. The van der Waals surface area contributed by atoms with Crippen LogP contribution in [0, 0.1) is 83.1 Å². The number of phenolic OH excluding ortho intramolecular Hbond substituents is 3. The number of amides is 2. The number of hydrogen-bond acceptors (Lipinski definition) is 25. The lowest BCUT2D eigenvalue weighted by molar-refractivity contribution is -0.216. The summed E-state index contributed by atoms with van der Waals surface area (Å²) in [4.78, 5) is 97.8. The van der Waals surface area contributed by atoms with Gasteiger partial charge in [0.15, 0.2) is 52.4 Å². The van der Waals surface area contributed by atoms with Crippen LogP contribution in [0.25, 0.3) is 102 Å². The fourth-order valence-electron chi connectivity index (χ4n) is 14.5. The predicted octanol–water partition coefficient (Wildman–Crippen LogP) is 21.9. The van der Waals surface area contributed by atoms with Crippen LogP contribution in [0.1, 0.15) is 144 Å². The smallest absolute Gasteiger partial charge is 0.414 e. The molecule has 0 saturated heterocycles. The van der Waals surface area contributed by atoms with Gasteiger partial charge in [0.05, 0.1) is 56.3 Å². The molecule has 0 spiro atoms. The van der Waals surface area contributed by atoms with Crippen LogP contribution in [0.15, 0.2) is 169 Å². The molecular weight excluding hydrogens is 1590 g/mol. The summed E-state index contributed by atoms with van der Waals surface area (Å²) in [5, 5.41) is 39.2. The number of rotatable bonds is 38. The predicted molar refractivity (Wildman–Crippen MR) is 487 cm³/mol. The van der Waals surface area contributed by atoms with Crippen LogP contribution >= 0.6 is 0 Å². The van der Waals surface area contributed by atoms with Crippen molar-refractivity contribution in [2.45, 2.75) is 160 Å². The fourth-order valence-corrected chi connectivity index (χ4v) is 14.5. The number of unbranched alkanes of at least 4 members (excludes halogenated alkanes) is 9. The zero-order valence-corrected chi connectivity index (χ0v) is 73.2. The molecule has 27 heteroatoms. The third-order valence-corrected chi connectivity index (χ3v) is 21.1. The quantitative estimate of drug-likeness (QED) is 0.00789. The van der Waals surface area contributed by atoms with Gasteiger partial charge in [-0.05, 0) is 223 Å². The highest BCUT2D eigenvalue weighted by molar-refractivity contribution is 5.85. The Labute approximate surface area is 733 Å². The minimum absolute atomic E-state index is 0.0234. The second-order valence-corrected chi connectivity index (χ2v) is 31.6. The lowest BCUT2D eigenvalue weighted by Gasteiger charge is -2.13. The zero-order valence-electron chi connectivity index (χ0n) is 73.2. The lowest BCUT2D eigenvalue weighted by Crippen LogP contribution is -2.19. The number of nitrogens with one attached hydrogen (secondary N) is 2. The van der Waals surface area contributed by atoms with E-state index in [0.717, 1.165) is 139 Å². The lowest BCUT2D eigenvalue weighted by atomic mass is 10.0. The Kier molecular flexibility index (Phi) is 30.4. The SMILES string of the molecule is Cc1ccc(-c2nc(-c3ccc(C)cc3C)nc(-c3ccc(OCCCCCCOO/C=N/c4nc(NC(=O)OCCCCCCOc5ccc(-c6nc(-c7ccc(C)cc7C)nc(-c7ccc(C)cc7C)n6)c(O)c5)nc(NC(=O)OCCCCCCOc5ccc(-c6nc(-c7ccc(C)cc7C)nc(-c7ccc(C)cc7C)n6)c(O)c5)n4)cc3O)n2)c(C)c1. The van der Waals surface area contributed by atoms with Gasteiger partial charge in [-0.15, -0.1) is 0 Å². The minimum Gasteiger partial charge on any atom is -0.507 e. The standard InChI is InChI=1S/C99H105N15O12/c1-59-25-34-74(65(7)49-59)86-101-87(75-35-26-60(2)50-66(75)8)105-92(104-86)80-40-31-71(55-83(80)115)120-43-19-13-15-22-46-123-98(118)113-96-110-95(100-58-126-125-48-24-18-17-21-45-122-73-33-42-82(85(117)57-73)94-108-90(78-38-29-63(5)53-69(78)11)103-91(109-94)79-39-30-64(6)54-70(79)12)111-97(112-96)114-99(119)124-47-23-16-14-20-44-121-72-32-41-81(84(116)56-72)93-106-88(76-36-27-61(3)51-67(76)9)102-89(107-93)77-37-28-62(4)52-68(77)10/h25-42,49-58,115-117H,13-24,43-48H2,1-12H3,(H2,110,111,112,113,114,118,119)/b100-58+. The molecule has 0 aliphatic heterocycles. The van der Waals surface area contributed by atoms with Crippen molar-refractivity contribution in [1.82, 2.24) is 59.8 Å². The van der Waals surface area contributed by atoms with Gasteiger partial charge in [0.2, 0.25) is 18.3 Å². The molecule has 4 aromatic heterocycles. The van der Waals surface area contributed by atoms with Gasteiger partial charge in [-0.3, -0.25) is 10.6 Å². The Balaban J connectivity index is 0.565. The van der Waals surface area contributed by atoms with Crippen molar-refractivity contribution in [2.24, 2.45) is 4.99 Å². The molecule has 5 N–H and O–H groups in total. The van der Waals surface area contributed by atoms with E-state index < -0.39 is 12.2 Å². The largest absolute Gasteiger partial charge is 0.507 e. The van der Waals surface area contributed by atoms with Gasteiger partial charge in [-0.2, -0.15) is 24.8 Å². The van der Waals surface area contributed by atoms with Gasteiger partial charge in [0.1, 0.15) is 34.5 Å². The fraction of sp³-hybridized carbons (Fsp3) is 0.303. The van der Waals surface area contributed by atoms with Crippen LogP contribution in [-0.4, -0.2) is 133 Å². The van der Waals surface area contributed by atoms with Crippen LogP contribution in [0.2, 0.25) is 0 Å². The van der Waals surface area contributed by atoms with E-state index in [2.05, 4.69) is 67.0 Å². The number of ether oxygens (including phenoxy) is 5. The minimum atomic E-state index is -0.859. The molecule has 13 aromatic rings. The molecule has 0 saturated carbocycles. The van der Waals surface area contributed by atoms with Crippen molar-refractivity contribution < 1.29 is 58.4 Å². The van der Waals surface area contributed by atoms with Gasteiger partial charge >= 0.3 is 12.2 Å². The Bertz CT molecular complexity index is 5650. The number of aryl methyl sites for hydroxylation is 12. The summed E-state index contributed by atoms with van der Waals surface area (Å²) >= 11 is 0. The summed E-state index contributed by atoms with van der Waals surface area (Å²) in [7, 11) is 0. The highest BCUT2D eigenvalue weighted by Gasteiger charge is 2.24. The molecule has 0 atom stereocenters. The molecule has 4 heterocycles. The summed E-state index contributed by atoms with van der Waals surface area (Å²) < 4.78 is 29.2. The molecule has 2 amide bonds. The van der Waals surface area contributed by atoms with Gasteiger partial charge in [-0.25, -0.2) is 54.4 Å². The van der Waals surface area contributed by atoms with Crippen molar-refractivity contribution in [3.8, 4) is 137 Å². The average Bonchev–Trinajstić information content (AvgIpc) is 0.789. The van der Waals surface area contributed by atoms with E-state index in [4.69, 9.17) is 78.3 Å². The summed E-state index contributed by atoms with van der Waals surface area (Å²) in [5.41, 5.74) is 19.5. The summed E-state index contributed by atoms with van der Waals surface area (Å²) in [6.45, 7) is 25.9. The number of benzene rings is 9. The van der Waals surface area contributed by atoms with E-state index >= 15 is 0 Å².